The van der Waals surface area contributed by atoms with Gasteiger partial charge in [-0.3, -0.25) is 9.80 Å². The fourth-order valence-corrected chi connectivity index (χ4v) is 7.57. The molecule has 0 atom stereocenters. The number of carbonyl (C=O) groups excluding carboxylic acids is 1. The maximum Gasteiger partial charge on any atom is 0.323 e. The van der Waals surface area contributed by atoms with Crippen LogP contribution in [0.1, 0.15) is 231 Å². The second kappa shape index (κ2) is 30.5. The van der Waals surface area contributed by atoms with Gasteiger partial charge in [-0.2, -0.15) is 0 Å². The van der Waals surface area contributed by atoms with Gasteiger partial charge in [0, 0.05) is 13.1 Å². The number of carbonyl (C=O) groups is 1. The Hall–Kier alpha value is -1.51. The number of hydrogen-bond acceptors (Lipinski definition) is 1. The Balaban J connectivity index is 1.46. The first kappa shape index (κ1) is 41.7. The lowest BCUT2D eigenvalue weighted by atomic mass is 10.0. The van der Waals surface area contributed by atoms with E-state index >= 15 is 0 Å². The standard InChI is InChI=1S/C44H80N2O/c1-3-5-7-9-11-13-15-17-19-21-23-25-27-29-31-36-40-45-43(42-38-34-33-35-39-42)46(44(45)47)41-37-32-30-28-26-24-22-20-18-16-14-12-10-8-6-4-2/h33-35,38-39,43H,3-32,36-37,40-41H2,1-2H3. The Morgan fingerprint density at radius 1 is 0.383 bits per heavy atom. The van der Waals surface area contributed by atoms with Crippen LogP contribution in [0.5, 0.6) is 0 Å². The van der Waals surface area contributed by atoms with Crippen LogP contribution < -0.4 is 0 Å². The number of nitrogens with zero attached hydrogens (tertiary/aromatic N) is 2. The first-order valence-corrected chi connectivity index (χ1v) is 21.4. The summed E-state index contributed by atoms with van der Waals surface area (Å²) in [6.45, 7) is 6.41. The molecule has 1 aromatic rings. The third-order valence-electron chi connectivity index (χ3n) is 10.7. The molecule has 1 heterocycles. The Kier molecular flexibility index (Phi) is 27.1. The minimum atomic E-state index is 0.149. The summed E-state index contributed by atoms with van der Waals surface area (Å²) in [7, 11) is 0. The highest BCUT2D eigenvalue weighted by Gasteiger charge is 2.43. The van der Waals surface area contributed by atoms with Gasteiger partial charge in [0.1, 0.15) is 6.17 Å². The monoisotopic (exact) mass is 653 g/mol. The predicted octanol–water partition coefficient (Wildman–Crippen LogP) is 14.9. The van der Waals surface area contributed by atoms with E-state index in [9.17, 15) is 4.79 Å². The van der Waals surface area contributed by atoms with E-state index in [4.69, 9.17) is 0 Å². The van der Waals surface area contributed by atoms with Crippen LogP contribution in [-0.2, 0) is 0 Å². The molecule has 272 valence electrons. The summed E-state index contributed by atoms with van der Waals surface area (Å²) < 4.78 is 0. The third kappa shape index (κ3) is 20.6. The average molecular weight is 653 g/mol. The first-order chi connectivity index (χ1) is 23.3. The maximum atomic E-state index is 13.2. The average Bonchev–Trinajstić information content (AvgIpc) is 3.09. The van der Waals surface area contributed by atoms with Crippen LogP contribution in [-0.4, -0.2) is 28.9 Å². The van der Waals surface area contributed by atoms with Crippen molar-refractivity contribution in [2.45, 2.75) is 225 Å². The van der Waals surface area contributed by atoms with E-state index in [1.165, 1.54) is 198 Å². The molecule has 1 saturated heterocycles. The highest BCUT2D eigenvalue weighted by molar-refractivity contribution is 5.81. The predicted molar refractivity (Wildman–Crippen MR) is 207 cm³/mol. The van der Waals surface area contributed by atoms with Gasteiger partial charge in [-0.25, -0.2) is 4.79 Å². The molecule has 2 amide bonds. The Morgan fingerprint density at radius 3 is 0.915 bits per heavy atom. The SMILES string of the molecule is CCCCCCCCCCCCCCCCCCN1C(=O)N(CCCCCCCCCCCCCCCCCC)C1c1ccccc1. The molecule has 3 heteroatoms. The Labute approximate surface area is 294 Å². The molecule has 0 spiro atoms. The van der Waals surface area contributed by atoms with Crippen LogP contribution in [0.25, 0.3) is 0 Å². The number of urea groups is 1. The molecule has 0 aromatic heterocycles. The number of unbranched alkanes of at least 4 members (excludes halogenated alkanes) is 30. The summed E-state index contributed by atoms with van der Waals surface area (Å²) in [6.07, 6.45) is 44.5. The maximum absolute atomic E-state index is 13.2. The Bertz CT molecular complexity index is 764. The quantitative estimate of drug-likeness (QED) is 0.0669. The molecular formula is C44H80N2O. The molecule has 0 N–H and O–H groups in total. The van der Waals surface area contributed by atoms with Crippen LogP contribution in [0.2, 0.25) is 0 Å². The molecule has 1 aromatic carbocycles. The molecule has 0 aliphatic carbocycles. The molecule has 0 bridgehead atoms. The van der Waals surface area contributed by atoms with Gasteiger partial charge in [-0.05, 0) is 18.4 Å². The zero-order chi connectivity index (χ0) is 33.5. The first-order valence-electron chi connectivity index (χ1n) is 21.4. The van der Waals surface area contributed by atoms with Crippen LogP contribution in [0.3, 0.4) is 0 Å². The topological polar surface area (TPSA) is 23.6 Å². The smallest absolute Gasteiger partial charge is 0.300 e. The lowest BCUT2D eigenvalue weighted by Gasteiger charge is -2.51. The van der Waals surface area contributed by atoms with Gasteiger partial charge in [-0.15, -0.1) is 0 Å². The fourth-order valence-electron chi connectivity index (χ4n) is 7.57. The molecule has 0 radical (unpaired) electrons. The van der Waals surface area contributed by atoms with Gasteiger partial charge in [0.2, 0.25) is 0 Å². The lowest BCUT2D eigenvalue weighted by Crippen LogP contribution is -2.62. The van der Waals surface area contributed by atoms with Gasteiger partial charge in [0.25, 0.3) is 0 Å². The second-order valence-electron chi connectivity index (χ2n) is 15.1. The molecular weight excluding hydrogens is 572 g/mol. The van der Waals surface area contributed by atoms with E-state index in [-0.39, 0.29) is 12.2 Å². The zero-order valence-electron chi connectivity index (χ0n) is 31.8. The van der Waals surface area contributed by atoms with E-state index in [1.807, 2.05) is 0 Å². The van der Waals surface area contributed by atoms with E-state index in [0.717, 1.165) is 25.9 Å². The Morgan fingerprint density at radius 2 is 0.638 bits per heavy atom. The second-order valence-corrected chi connectivity index (χ2v) is 15.1. The van der Waals surface area contributed by atoms with Crippen LogP contribution in [0.4, 0.5) is 4.79 Å². The van der Waals surface area contributed by atoms with E-state index < -0.39 is 0 Å². The summed E-state index contributed by atoms with van der Waals surface area (Å²) in [5.74, 6) is 0. The molecule has 0 saturated carbocycles. The number of rotatable bonds is 35. The van der Waals surface area contributed by atoms with E-state index in [0.29, 0.717) is 0 Å². The van der Waals surface area contributed by atoms with E-state index in [2.05, 4.69) is 54.0 Å². The molecule has 0 unspecified atom stereocenters. The molecule has 1 aliphatic rings. The zero-order valence-corrected chi connectivity index (χ0v) is 31.8. The number of benzene rings is 1. The van der Waals surface area contributed by atoms with Crippen LogP contribution in [0.15, 0.2) is 30.3 Å². The third-order valence-corrected chi connectivity index (χ3v) is 10.7. The number of amides is 2. The summed E-state index contributed by atoms with van der Waals surface area (Å²) >= 11 is 0. The molecule has 1 aliphatic heterocycles. The van der Waals surface area contributed by atoms with Crippen molar-refractivity contribution in [2.24, 2.45) is 0 Å². The highest BCUT2D eigenvalue weighted by Crippen LogP contribution is 2.36. The van der Waals surface area contributed by atoms with Crippen molar-refractivity contribution >= 4 is 6.03 Å². The van der Waals surface area contributed by atoms with Gasteiger partial charge >= 0.3 is 6.03 Å². The van der Waals surface area contributed by atoms with Crippen molar-refractivity contribution in [3.63, 3.8) is 0 Å². The largest absolute Gasteiger partial charge is 0.323 e. The van der Waals surface area contributed by atoms with Crippen molar-refractivity contribution in [1.82, 2.24) is 9.80 Å². The molecule has 2 rings (SSSR count). The minimum absolute atomic E-state index is 0.149. The highest BCUT2D eigenvalue weighted by atomic mass is 16.2. The van der Waals surface area contributed by atoms with Gasteiger partial charge in [0.15, 0.2) is 0 Å². The molecule has 3 nitrogen and oxygen atoms in total. The molecule has 47 heavy (non-hydrogen) atoms. The normalized spacial score (nSPS) is 13.5. The summed E-state index contributed by atoms with van der Waals surface area (Å²) in [4.78, 5) is 17.5. The van der Waals surface area contributed by atoms with Crippen LogP contribution in [0, 0.1) is 0 Å². The molecule has 1 fully saturated rings. The minimum Gasteiger partial charge on any atom is -0.300 e. The van der Waals surface area contributed by atoms with E-state index in [1.54, 1.807) is 0 Å². The van der Waals surface area contributed by atoms with Gasteiger partial charge in [0.05, 0.1) is 0 Å². The van der Waals surface area contributed by atoms with Crippen molar-refractivity contribution < 1.29 is 4.79 Å². The van der Waals surface area contributed by atoms with Crippen molar-refractivity contribution in [3.8, 4) is 0 Å². The summed E-state index contributed by atoms with van der Waals surface area (Å²) in [5, 5.41) is 0. The van der Waals surface area contributed by atoms with Gasteiger partial charge < -0.3 is 0 Å². The fraction of sp³-hybridized carbons (Fsp3) is 0.841. The number of hydrogen-bond donors (Lipinski definition) is 0. The van der Waals surface area contributed by atoms with Gasteiger partial charge in [-0.1, -0.05) is 237 Å². The van der Waals surface area contributed by atoms with Crippen molar-refractivity contribution in [1.29, 1.82) is 0 Å². The van der Waals surface area contributed by atoms with Crippen molar-refractivity contribution in [3.05, 3.63) is 35.9 Å². The van der Waals surface area contributed by atoms with Crippen LogP contribution >= 0.6 is 0 Å². The lowest BCUT2D eigenvalue weighted by molar-refractivity contribution is -0.0108. The van der Waals surface area contributed by atoms with Crippen molar-refractivity contribution in [2.75, 3.05) is 13.1 Å². The summed E-state index contributed by atoms with van der Waals surface area (Å²) in [6, 6.07) is 11.0. The summed E-state index contributed by atoms with van der Waals surface area (Å²) in [5.41, 5.74) is 1.28.